The molecular formula is C14H13N3O2S. The van der Waals surface area contributed by atoms with Crippen molar-refractivity contribution in [3.63, 3.8) is 0 Å². The van der Waals surface area contributed by atoms with Gasteiger partial charge in [0.15, 0.2) is 0 Å². The molecule has 0 amide bonds. The summed E-state index contributed by atoms with van der Waals surface area (Å²) < 4.78 is 0. The number of nitro groups is 1. The lowest BCUT2D eigenvalue weighted by Gasteiger charge is -2.23. The van der Waals surface area contributed by atoms with E-state index >= 15 is 0 Å². The topological polar surface area (TPSA) is 70.2 Å². The molecule has 1 heterocycles. The zero-order valence-corrected chi connectivity index (χ0v) is 11.8. The van der Waals surface area contributed by atoms with Crippen molar-refractivity contribution in [2.75, 3.05) is 11.4 Å². The van der Waals surface area contributed by atoms with Crippen LogP contribution in [0.1, 0.15) is 17.4 Å². The van der Waals surface area contributed by atoms with Crippen LogP contribution in [0.25, 0.3) is 0 Å². The molecule has 2 rings (SSSR count). The fraction of sp³-hybridized carbons (Fsp3) is 0.214. The molecule has 6 heteroatoms. The molecule has 2 aromatic rings. The van der Waals surface area contributed by atoms with Crippen molar-refractivity contribution >= 4 is 22.7 Å². The molecular weight excluding hydrogens is 274 g/mol. The molecule has 5 nitrogen and oxygen atoms in total. The van der Waals surface area contributed by atoms with Gasteiger partial charge in [0.05, 0.1) is 22.7 Å². The first kappa shape index (κ1) is 14.0. The van der Waals surface area contributed by atoms with Crippen LogP contribution < -0.4 is 4.90 Å². The monoisotopic (exact) mass is 287 g/mol. The summed E-state index contributed by atoms with van der Waals surface area (Å²) in [7, 11) is 0. The Balaban J connectivity index is 2.34. The standard InChI is InChI=1S/C14H13N3O2S/c1-2-16(10-13-4-3-7-20-13)14-6-5-12(17(18)19)8-11(14)9-15/h3-8H,2,10H2,1H3. The fourth-order valence-electron chi connectivity index (χ4n) is 1.96. The quantitative estimate of drug-likeness (QED) is 0.622. The molecule has 102 valence electrons. The van der Waals surface area contributed by atoms with Crippen LogP contribution in [0.3, 0.4) is 0 Å². The summed E-state index contributed by atoms with van der Waals surface area (Å²) in [6.07, 6.45) is 0. The number of hydrogen-bond donors (Lipinski definition) is 0. The minimum absolute atomic E-state index is 0.0579. The molecule has 1 aromatic carbocycles. The Bertz CT molecular complexity index is 647. The number of anilines is 1. The molecule has 20 heavy (non-hydrogen) atoms. The maximum atomic E-state index is 10.8. The number of thiophene rings is 1. The Kier molecular flexibility index (Phi) is 4.33. The van der Waals surface area contributed by atoms with Crippen LogP contribution in [0.5, 0.6) is 0 Å². The largest absolute Gasteiger partial charge is 0.366 e. The molecule has 0 saturated heterocycles. The number of benzene rings is 1. The Morgan fingerprint density at radius 3 is 2.80 bits per heavy atom. The first-order valence-electron chi connectivity index (χ1n) is 6.11. The summed E-state index contributed by atoms with van der Waals surface area (Å²) in [4.78, 5) is 13.5. The number of nitro benzene ring substituents is 1. The Morgan fingerprint density at radius 1 is 1.45 bits per heavy atom. The molecule has 0 atom stereocenters. The van der Waals surface area contributed by atoms with Gasteiger partial charge in [-0.05, 0) is 24.4 Å². The van der Waals surface area contributed by atoms with Gasteiger partial charge < -0.3 is 4.90 Å². The van der Waals surface area contributed by atoms with Gasteiger partial charge in [0.2, 0.25) is 0 Å². The fourth-order valence-corrected chi connectivity index (χ4v) is 2.68. The molecule has 0 radical (unpaired) electrons. The van der Waals surface area contributed by atoms with E-state index in [4.69, 9.17) is 0 Å². The maximum absolute atomic E-state index is 10.8. The van der Waals surface area contributed by atoms with Crippen molar-refractivity contribution in [2.24, 2.45) is 0 Å². The van der Waals surface area contributed by atoms with E-state index in [0.717, 1.165) is 12.2 Å². The summed E-state index contributed by atoms with van der Waals surface area (Å²) in [5.74, 6) is 0. The van der Waals surface area contributed by atoms with Crippen molar-refractivity contribution in [1.82, 2.24) is 0 Å². The van der Waals surface area contributed by atoms with Gasteiger partial charge in [0, 0.05) is 23.6 Å². The normalized spacial score (nSPS) is 10.0. The minimum Gasteiger partial charge on any atom is -0.366 e. The second kappa shape index (κ2) is 6.17. The van der Waals surface area contributed by atoms with Crippen LogP contribution in [-0.4, -0.2) is 11.5 Å². The van der Waals surface area contributed by atoms with Gasteiger partial charge in [0.1, 0.15) is 6.07 Å². The highest BCUT2D eigenvalue weighted by Crippen LogP contribution is 2.26. The highest BCUT2D eigenvalue weighted by molar-refractivity contribution is 7.09. The van der Waals surface area contributed by atoms with E-state index in [1.807, 2.05) is 35.4 Å². The van der Waals surface area contributed by atoms with Crippen LogP contribution >= 0.6 is 11.3 Å². The predicted molar refractivity (Wildman–Crippen MR) is 78.9 cm³/mol. The van der Waals surface area contributed by atoms with E-state index in [-0.39, 0.29) is 5.69 Å². The number of nitriles is 1. The second-order valence-electron chi connectivity index (χ2n) is 4.16. The van der Waals surface area contributed by atoms with Crippen molar-refractivity contribution in [3.05, 3.63) is 56.3 Å². The van der Waals surface area contributed by atoms with Gasteiger partial charge >= 0.3 is 0 Å². The van der Waals surface area contributed by atoms with Gasteiger partial charge in [-0.1, -0.05) is 6.07 Å². The van der Waals surface area contributed by atoms with Crippen LogP contribution in [0, 0.1) is 21.4 Å². The number of hydrogen-bond acceptors (Lipinski definition) is 5. The van der Waals surface area contributed by atoms with Gasteiger partial charge in [-0.2, -0.15) is 5.26 Å². The number of nitrogens with zero attached hydrogens (tertiary/aromatic N) is 3. The average molecular weight is 287 g/mol. The molecule has 0 N–H and O–H groups in total. The van der Waals surface area contributed by atoms with Crippen LogP contribution in [0.2, 0.25) is 0 Å². The van der Waals surface area contributed by atoms with Crippen molar-refractivity contribution in [2.45, 2.75) is 13.5 Å². The molecule has 0 unspecified atom stereocenters. The third kappa shape index (κ3) is 2.95. The third-order valence-electron chi connectivity index (χ3n) is 2.96. The van der Waals surface area contributed by atoms with E-state index in [1.165, 1.54) is 17.0 Å². The zero-order chi connectivity index (χ0) is 14.5. The first-order chi connectivity index (χ1) is 9.65. The third-order valence-corrected chi connectivity index (χ3v) is 3.82. The summed E-state index contributed by atoms with van der Waals surface area (Å²) in [6, 6.07) is 10.5. The molecule has 0 spiro atoms. The zero-order valence-electron chi connectivity index (χ0n) is 10.9. The Hall–Kier alpha value is -2.39. The van der Waals surface area contributed by atoms with E-state index in [1.54, 1.807) is 17.4 Å². The highest BCUT2D eigenvalue weighted by atomic mass is 32.1. The van der Waals surface area contributed by atoms with Gasteiger partial charge in [-0.25, -0.2) is 0 Å². The lowest BCUT2D eigenvalue weighted by atomic mass is 10.1. The predicted octanol–water partition coefficient (Wildman–Crippen LogP) is 3.55. The summed E-state index contributed by atoms with van der Waals surface area (Å²) >= 11 is 1.65. The van der Waals surface area contributed by atoms with Gasteiger partial charge in [-0.15, -0.1) is 11.3 Å². The number of non-ortho nitro benzene ring substituents is 1. The Morgan fingerprint density at radius 2 is 2.25 bits per heavy atom. The molecule has 0 aliphatic heterocycles. The molecule has 0 fully saturated rings. The lowest BCUT2D eigenvalue weighted by molar-refractivity contribution is -0.384. The van der Waals surface area contributed by atoms with E-state index in [0.29, 0.717) is 12.1 Å². The Labute approximate surface area is 120 Å². The van der Waals surface area contributed by atoms with Crippen molar-refractivity contribution in [3.8, 4) is 6.07 Å². The van der Waals surface area contributed by atoms with Gasteiger partial charge in [0.25, 0.3) is 5.69 Å². The summed E-state index contributed by atoms with van der Waals surface area (Å²) in [5.41, 5.74) is 1.00. The van der Waals surface area contributed by atoms with Crippen molar-refractivity contribution < 1.29 is 4.92 Å². The van der Waals surface area contributed by atoms with E-state index < -0.39 is 4.92 Å². The van der Waals surface area contributed by atoms with Crippen LogP contribution in [0.4, 0.5) is 11.4 Å². The van der Waals surface area contributed by atoms with Gasteiger partial charge in [-0.3, -0.25) is 10.1 Å². The molecule has 1 aromatic heterocycles. The van der Waals surface area contributed by atoms with Crippen molar-refractivity contribution in [1.29, 1.82) is 5.26 Å². The van der Waals surface area contributed by atoms with Crippen LogP contribution in [-0.2, 0) is 6.54 Å². The summed E-state index contributed by atoms with van der Waals surface area (Å²) in [6.45, 7) is 3.42. The molecule has 0 aliphatic rings. The van der Waals surface area contributed by atoms with E-state index in [2.05, 4.69) is 0 Å². The molecule has 0 saturated carbocycles. The minimum atomic E-state index is -0.486. The first-order valence-corrected chi connectivity index (χ1v) is 6.99. The molecule has 0 bridgehead atoms. The smallest absolute Gasteiger partial charge is 0.270 e. The van der Waals surface area contributed by atoms with Crippen LogP contribution in [0.15, 0.2) is 35.7 Å². The summed E-state index contributed by atoms with van der Waals surface area (Å²) in [5, 5.41) is 22.0. The number of rotatable bonds is 5. The SMILES string of the molecule is CCN(Cc1cccs1)c1ccc([N+](=O)[O-])cc1C#N. The maximum Gasteiger partial charge on any atom is 0.270 e. The lowest BCUT2D eigenvalue weighted by Crippen LogP contribution is -2.22. The second-order valence-corrected chi connectivity index (χ2v) is 5.20. The molecule has 0 aliphatic carbocycles. The highest BCUT2D eigenvalue weighted by Gasteiger charge is 2.15. The van der Waals surface area contributed by atoms with E-state index in [9.17, 15) is 15.4 Å². The average Bonchev–Trinajstić information content (AvgIpc) is 2.97.